The number of alkyl halides is 3. The minimum absolute atomic E-state index is 0.0347. The number of rotatable bonds is 6. The van der Waals surface area contributed by atoms with Crippen LogP contribution in [0.2, 0.25) is 0 Å². The van der Waals surface area contributed by atoms with Crippen LogP contribution < -0.4 is 9.47 Å². The number of cyclic esters (lactones) is 2. The van der Waals surface area contributed by atoms with Crippen LogP contribution in [0.1, 0.15) is 65.9 Å². The molecule has 10 heteroatoms. The highest BCUT2D eigenvalue weighted by Crippen LogP contribution is 2.47. The summed E-state index contributed by atoms with van der Waals surface area (Å²) in [5, 5.41) is 0. The molecule has 7 nitrogen and oxygen atoms in total. The number of ketones is 2. The van der Waals surface area contributed by atoms with E-state index in [1.807, 2.05) is 0 Å². The molecule has 1 unspecified atom stereocenters. The van der Waals surface area contributed by atoms with E-state index < -0.39 is 23.5 Å². The summed E-state index contributed by atoms with van der Waals surface area (Å²) >= 11 is 0. The number of ether oxygens (including phenoxy) is 3. The molecule has 1 aliphatic carbocycles. The molecule has 6 rings (SSSR count). The molecule has 0 fully saturated rings. The van der Waals surface area contributed by atoms with E-state index >= 15 is 0 Å². The predicted molar refractivity (Wildman–Crippen MR) is 141 cm³/mol. The van der Waals surface area contributed by atoms with Crippen molar-refractivity contribution in [1.29, 1.82) is 0 Å². The summed E-state index contributed by atoms with van der Waals surface area (Å²) in [5.41, 5.74) is -1.71. The number of esters is 2. The number of benzene rings is 4. The van der Waals surface area contributed by atoms with Crippen LogP contribution in [-0.4, -0.2) is 29.7 Å². The largest absolute Gasteiger partial charge is 0.457 e. The van der Waals surface area contributed by atoms with Crippen LogP contribution in [0, 0.1) is 0 Å². The highest BCUT2D eigenvalue weighted by Gasteiger charge is 2.53. The van der Waals surface area contributed by atoms with Gasteiger partial charge in [-0.1, -0.05) is 24.3 Å². The molecule has 210 valence electrons. The summed E-state index contributed by atoms with van der Waals surface area (Å²) in [4.78, 5) is 47.3. The topological polar surface area (TPSA) is 96.0 Å². The van der Waals surface area contributed by atoms with Gasteiger partial charge in [-0.15, -0.1) is 0 Å². The quantitative estimate of drug-likeness (QED) is 0.178. The molecule has 0 aromatic heterocycles. The fourth-order valence-corrected chi connectivity index (χ4v) is 5.00. The minimum atomic E-state index is -4.67. The Morgan fingerprint density at radius 3 is 1.52 bits per heavy atom. The maximum absolute atomic E-state index is 14.6. The Kier molecular flexibility index (Phi) is 6.22. The Balaban J connectivity index is 1.23. The van der Waals surface area contributed by atoms with E-state index in [1.54, 1.807) is 0 Å². The zero-order valence-electron chi connectivity index (χ0n) is 21.8. The van der Waals surface area contributed by atoms with Crippen molar-refractivity contribution < 1.29 is 46.6 Å². The van der Waals surface area contributed by atoms with Crippen LogP contribution in [0.4, 0.5) is 13.2 Å². The highest BCUT2D eigenvalue weighted by molar-refractivity contribution is 6.24. The fourth-order valence-electron chi connectivity index (χ4n) is 5.00. The zero-order valence-corrected chi connectivity index (χ0v) is 21.8. The lowest BCUT2D eigenvalue weighted by atomic mass is 9.75. The van der Waals surface area contributed by atoms with Crippen molar-refractivity contribution in [3.63, 3.8) is 0 Å². The number of hydrogen-bond acceptors (Lipinski definition) is 7. The van der Waals surface area contributed by atoms with Gasteiger partial charge in [-0.2, -0.15) is 13.2 Å². The smallest absolute Gasteiger partial charge is 0.402 e. The maximum atomic E-state index is 14.6. The molecule has 42 heavy (non-hydrogen) atoms. The highest BCUT2D eigenvalue weighted by atomic mass is 19.4. The summed E-state index contributed by atoms with van der Waals surface area (Å²) in [6.07, 6.45) is -4.86. The van der Waals surface area contributed by atoms with E-state index in [4.69, 9.17) is 9.47 Å². The molecule has 0 bridgehead atoms. The number of Topliss-reactive ketones (excluding diaryl/α,β-unsaturated/α-hetero) is 2. The van der Waals surface area contributed by atoms with Gasteiger partial charge < -0.3 is 14.2 Å². The Morgan fingerprint density at radius 2 is 1.00 bits per heavy atom. The van der Waals surface area contributed by atoms with Gasteiger partial charge >= 0.3 is 18.1 Å². The predicted octanol–water partition coefficient (Wildman–Crippen LogP) is 7.22. The third kappa shape index (κ3) is 4.50. The summed E-state index contributed by atoms with van der Waals surface area (Å²) in [5.74, 6) is -1.15. The van der Waals surface area contributed by atoms with Crippen molar-refractivity contribution in [1.82, 2.24) is 0 Å². The number of fused-ring (bicyclic) bond motifs is 2. The number of halogens is 3. The van der Waals surface area contributed by atoms with Crippen LogP contribution in [0.3, 0.4) is 0 Å². The van der Waals surface area contributed by atoms with Crippen molar-refractivity contribution in [3.8, 4) is 23.0 Å². The maximum Gasteiger partial charge on any atom is 0.402 e. The molecular formula is C32H19F3O7. The SMILES string of the molecule is CC(c1ccc(Oc2ccc3c(c2)C(=O)CC3=O)cc1)(c1ccc(Oc2ccc3c(c2)C(=O)OC3=O)cc1)C(F)(F)F. The molecular weight excluding hydrogens is 553 g/mol. The Hall–Kier alpha value is -5.25. The summed E-state index contributed by atoms with van der Waals surface area (Å²) in [6.45, 7) is 1.07. The van der Waals surface area contributed by atoms with Gasteiger partial charge in [0.05, 0.1) is 17.5 Å². The summed E-state index contributed by atoms with van der Waals surface area (Å²) < 4.78 is 59.7. The molecule has 1 aliphatic heterocycles. The number of carbonyl (C=O) groups is 4. The van der Waals surface area contributed by atoms with E-state index in [0.29, 0.717) is 5.56 Å². The lowest BCUT2D eigenvalue weighted by Crippen LogP contribution is -2.40. The zero-order chi connectivity index (χ0) is 29.8. The summed E-state index contributed by atoms with van der Waals surface area (Å²) in [7, 11) is 0. The van der Waals surface area contributed by atoms with Crippen LogP contribution in [-0.2, 0) is 10.2 Å². The van der Waals surface area contributed by atoms with Crippen molar-refractivity contribution in [2.24, 2.45) is 0 Å². The van der Waals surface area contributed by atoms with Crippen LogP contribution in [0.15, 0.2) is 84.9 Å². The molecule has 4 aromatic rings. The van der Waals surface area contributed by atoms with Crippen LogP contribution in [0.5, 0.6) is 23.0 Å². The van der Waals surface area contributed by atoms with Crippen molar-refractivity contribution >= 4 is 23.5 Å². The van der Waals surface area contributed by atoms with Crippen LogP contribution in [0.25, 0.3) is 0 Å². The normalized spacial score (nSPS) is 15.6. The molecule has 1 heterocycles. The van der Waals surface area contributed by atoms with Crippen molar-refractivity contribution in [3.05, 3.63) is 118 Å². The average Bonchev–Trinajstić information content (AvgIpc) is 3.41. The molecule has 0 N–H and O–H groups in total. The Morgan fingerprint density at radius 1 is 0.571 bits per heavy atom. The van der Waals surface area contributed by atoms with E-state index in [-0.39, 0.29) is 68.8 Å². The average molecular weight is 572 g/mol. The second-order valence-electron chi connectivity index (χ2n) is 9.99. The molecule has 0 saturated carbocycles. The number of carbonyl (C=O) groups excluding carboxylic acids is 4. The lowest BCUT2D eigenvalue weighted by Gasteiger charge is -2.33. The van der Waals surface area contributed by atoms with Crippen molar-refractivity contribution in [2.45, 2.75) is 24.9 Å². The first-order chi connectivity index (χ1) is 19.9. The van der Waals surface area contributed by atoms with Crippen molar-refractivity contribution in [2.75, 3.05) is 0 Å². The van der Waals surface area contributed by atoms with E-state index in [1.165, 1.54) is 84.9 Å². The van der Waals surface area contributed by atoms with Gasteiger partial charge in [0.15, 0.2) is 11.6 Å². The molecule has 0 amide bonds. The lowest BCUT2D eigenvalue weighted by molar-refractivity contribution is -0.173. The van der Waals surface area contributed by atoms with Gasteiger partial charge in [0.25, 0.3) is 0 Å². The minimum Gasteiger partial charge on any atom is -0.457 e. The van der Waals surface area contributed by atoms with E-state index in [9.17, 15) is 32.3 Å². The monoisotopic (exact) mass is 572 g/mol. The second kappa shape index (κ2) is 9.69. The van der Waals surface area contributed by atoms with E-state index in [0.717, 1.165) is 6.92 Å². The second-order valence-corrected chi connectivity index (χ2v) is 9.99. The van der Waals surface area contributed by atoms with Gasteiger partial charge in [-0.05, 0) is 78.7 Å². The first-order valence-electron chi connectivity index (χ1n) is 12.7. The molecule has 0 spiro atoms. The van der Waals surface area contributed by atoms with Gasteiger partial charge in [0, 0.05) is 11.1 Å². The molecule has 0 saturated heterocycles. The molecule has 4 aromatic carbocycles. The summed E-state index contributed by atoms with van der Waals surface area (Å²) in [6, 6.07) is 19.5. The molecule has 0 radical (unpaired) electrons. The van der Waals surface area contributed by atoms with Gasteiger partial charge in [0.2, 0.25) is 0 Å². The van der Waals surface area contributed by atoms with Gasteiger partial charge in [0.1, 0.15) is 28.4 Å². The number of hydrogen-bond donors (Lipinski definition) is 0. The Labute approximate surface area is 236 Å². The fraction of sp³-hybridized carbons (Fsp3) is 0.125. The standard InChI is InChI=1S/C32H19F3O7/c1-31(32(33,34)35,17-2-6-19(7-3-17)40-21-10-12-23-25(14-21)28(37)16-27(23)36)18-4-8-20(9-5-18)41-22-11-13-24-26(15-22)30(39)42-29(24)38/h2-15H,16H2,1H3. The van der Waals surface area contributed by atoms with Crippen LogP contribution >= 0.6 is 0 Å². The first kappa shape index (κ1) is 26.9. The van der Waals surface area contributed by atoms with E-state index in [2.05, 4.69) is 4.74 Å². The molecule has 2 aliphatic rings. The first-order valence-corrected chi connectivity index (χ1v) is 12.7. The third-order valence-electron chi connectivity index (χ3n) is 7.43. The third-order valence-corrected chi connectivity index (χ3v) is 7.43. The van der Waals surface area contributed by atoms with Gasteiger partial charge in [-0.3, -0.25) is 9.59 Å². The molecule has 1 atom stereocenters. The Bertz CT molecular complexity index is 1670. The van der Waals surface area contributed by atoms with Gasteiger partial charge in [-0.25, -0.2) is 9.59 Å².